The SMILES string of the molecule is CCCCN[C@H]1C[C@H]2CC[C@@H](C1)N2S(=O)(=O)c1c(Cl)ccc(NC(=O)Nc2cccc(F)c2Cl)c1O. The van der Waals surface area contributed by atoms with E-state index in [-0.39, 0.29) is 39.5 Å². The van der Waals surface area contributed by atoms with E-state index < -0.39 is 32.5 Å². The number of amides is 2. The highest BCUT2D eigenvalue weighted by molar-refractivity contribution is 7.89. The van der Waals surface area contributed by atoms with Crippen molar-refractivity contribution in [2.45, 2.75) is 68.5 Å². The van der Waals surface area contributed by atoms with Crippen LogP contribution < -0.4 is 16.0 Å². The van der Waals surface area contributed by atoms with Crippen molar-refractivity contribution < 1.29 is 22.7 Å². The predicted octanol–water partition coefficient (Wildman–Crippen LogP) is 5.56. The molecule has 0 saturated carbocycles. The van der Waals surface area contributed by atoms with Gasteiger partial charge in [0.2, 0.25) is 10.0 Å². The Hall–Kier alpha value is -2.11. The Morgan fingerprint density at radius 1 is 1.11 bits per heavy atom. The van der Waals surface area contributed by atoms with E-state index in [2.05, 4.69) is 22.9 Å². The van der Waals surface area contributed by atoms with Crippen LogP contribution in [0.5, 0.6) is 5.75 Å². The van der Waals surface area contributed by atoms with Crippen LogP contribution in [0.15, 0.2) is 35.2 Å². The molecule has 0 aromatic heterocycles. The maximum absolute atomic E-state index is 13.7. The van der Waals surface area contributed by atoms with E-state index in [1.54, 1.807) is 0 Å². The molecular weight excluding hydrogens is 530 g/mol. The molecule has 2 aromatic carbocycles. The minimum Gasteiger partial charge on any atom is -0.504 e. The molecule has 12 heteroatoms. The number of unbranched alkanes of at least 4 members (excludes halogenated alkanes) is 1. The van der Waals surface area contributed by atoms with Gasteiger partial charge in [0.15, 0.2) is 5.75 Å². The Morgan fingerprint density at radius 2 is 1.78 bits per heavy atom. The van der Waals surface area contributed by atoms with Gasteiger partial charge in [-0.2, -0.15) is 4.31 Å². The summed E-state index contributed by atoms with van der Waals surface area (Å²) in [5.74, 6) is -1.37. The lowest BCUT2D eigenvalue weighted by molar-refractivity contribution is 0.206. The number of phenols is 1. The van der Waals surface area contributed by atoms with Crippen LogP contribution in [0.3, 0.4) is 0 Å². The highest BCUT2D eigenvalue weighted by atomic mass is 35.5. The summed E-state index contributed by atoms with van der Waals surface area (Å²) in [5, 5.41) is 18.8. The molecule has 0 aliphatic carbocycles. The molecule has 2 aromatic rings. The number of fused-ring (bicyclic) bond motifs is 2. The molecule has 36 heavy (non-hydrogen) atoms. The van der Waals surface area contributed by atoms with Crippen LogP contribution in [-0.4, -0.2) is 48.5 Å². The lowest BCUT2D eigenvalue weighted by Crippen LogP contribution is -2.51. The first-order valence-corrected chi connectivity index (χ1v) is 14.1. The zero-order valence-corrected chi connectivity index (χ0v) is 22.1. The number of phenolic OH excluding ortho intramolecular Hbond substituents is 1. The summed E-state index contributed by atoms with van der Waals surface area (Å²) < 4.78 is 42.6. The molecule has 0 spiro atoms. The Bertz CT molecular complexity index is 1230. The number of benzene rings is 2. The summed E-state index contributed by atoms with van der Waals surface area (Å²) in [6.45, 7) is 3.02. The second kappa shape index (κ2) is 11.1. The Balaban J connectivity index is 1.54. The fourth-order valence-corrected chi connectivity index (χ4v) is 7.72. The van der Waals surface area contributed by atoms with Gasteiger partial charge in [-0.05, 0) is 62.9 Å². The average Bonchev–Trinajstić information content (AvgIpc) is 3.11. The number of carbonyl (C=O) groups is 1. The molecule has 4 rings (SSSR count). The second-order valence-corrected chi connectivity index (χ2v) is 11.7. The van der Waals surface area contributed by atoms with Gasteiger partial charge < -0.3 is 21.1 Å². The minimum atomic E-state index is -4.16. The summed E-state index contributed by atoms with van der Waals surface area (Å²) in [4.78, 5) is 12.0. The van der Waals surface area contributed by atoms with Crippen molar-refractivity contribution in [1.29, 1.82) is 0 Å². The predicted molar refractivity (Wildman–Crippen MR) is 139 cm³/mol. The molecule has 2 aliphatic rings. The summed E-state index contributed by atoms with van der Waals surface area (Å²) >= 11 is 12.1. The fourth-order valence-electron chi connectivity index (χ4n) is 5.05. The van der Waals surface area contributed by atoms with Crippen LogP contribution in [0.25, 0.3) is 0 Å². The van der Waals surface area contributed by atoms with E-state index in [9.17, 15) is 22.7 Å². The zero-order valence-electron chi connectivity index (χ0n) is 19.7. The number of hydrogen-bond donors (Lipinski definition) is 4. The first-order valence-electron chi connectivity index (χ1n) is 11.9. The maximum Gasteiger partial charge on any atom is 0.323 e. The van der Waals surface area contributed by atoms with Crippen molar-refractivity contribution in [2.75, 3.05) is 17.2 Å². The normalized spacial score (nSPS) is 21.9. The number of sulfonamides is 1. The quantitative estimate of drug-likeness (QED) is 0.250. The molecule has 2 saturated heterocycles. The van der Waals surface area contributed by atoms with Crippen molar-refractivity contribution in [3.63, 3.8) is 0 Å². The van der Waals surface area contributed by atoms with Crippen molar-refractivity contribution in [3.05, 3.63) is 46.2 Å². The van der Waals surface area contributed by atoms with Gasteiger partial charge in [-0.1, -0.05) is 42.6 Å². The average molecular weight is 559 g/mol. The third kappa shape index (κ3) is 5.43. The highest BCUT2D eigenvalue weighted by Gasteiger charge is 2.48. The number of anilines is 2. The van der Waals surface area contributed by atoms with Crippen LogP contribution in [0, 0.1) is 5.82 Å². The molecule has 2 heterocycles. The molecule has 4 N–H and O–H groups in total. The zero-order chi connectivity index (χ0) is 26.0. The lowest BCUT2D eigenvalue weighted by atomic mass is 9.99. The monoisotopic (exact) mass is 558 g/mol. The number of nitrogens with one attached hydrogen (secondary N) is 3. The number of rotatable bonds is 8. The van der Waals surface area contributed by atoms with E-state index in [0.717, 1.165) is 38.3 Å². The van der Waals surface area contributed by atoms with E-state index in [1.165, 1.54) is 28.6 Å². The molecule has 2 aliphatic heterocycles. The Morgan fingerprint density at radius 3 is 2.44 bits per heavy atom. The van der Waals surface area contributed by atoms with E-state index in [0.29, 0.717) is 12.8 Å². The molecule has 2 fully saturated rings. The number of aromatic hydroxyl groups is 1. The van der Waals surface area contributed by atoms with Crippen LogP contribution in [-0.2, 0) is 10.0 Å². The smallest absolute Gasteiger partial charge is 0.323 e. The van der Waals surface area contributed by atoms with Gasteiger partial charge in [0.1, 0.15) is 10.7 Å². The second-order valence-electron chi connectivity index (χ2n) is 9.15. The van der Waals surface area contributed by atoms with Crippen LogP contribution >= 0.6 is 23.2 Å². The van der Waals surface area contributed by atoms with Crippen molar-refractivity contribution in [2.24, 2.45) is 0 Å². The van der Waals surface area contributed by atoms with Crippen molar-refractivity contribution in [1.82, 2.24) is 9.62 Å². The van der Waals surface area contributed by atoms with Gasteiger partial charge in [-0.3, -0.25) is 0 Å². The lowest BCUT2D eigenvalue weighted by Gasteiger charge is -2.38. The molecular formula is C24H29Cl2FN4O4S. The van der Waals surface area contributed by atoms with Crippen LogP contribution in [0.2, 0.25) is 10.0 Å². The van der Waals surface area contributed by atoms with E-state index in [4.69, 9.17) is 23.2 Å². The molecule has 8 nitrogen and oxygen atoms in total. The highest BCUT2D eigenvalue weighted by Crippen LogP contribution is 2.45. The first kappa shape index (κ1) is 26.9. The van der Waals surface area contributed by atoms with Gasteiger partial charge in [0.25, 0.3) is 0 Å². The third-order valence-electron chi connectivity index (χ3n) is 6.70. The molecule has 3 atom stereocenters. The summed E-state index contributed by atoms with van der Waals surface area (Å²) in [7, 11) is -4.16. The molecule has 2 amide bonds. The van der Waals surface area contributed by atoms with Gasteiger partial charge in [-0.15, -0.1) is 0 Å². The third-order valence-corrected chi connectivity index (χ3v) is 9.59. The number of hydrogen-bond acceptors (Lipinski definition) is 5. The Kier molecular flexibility index (Phi) is 8.31. The number of piperidine rings is 1. The van der Waals surface area contributed by atoms with E-state index >= 15 is 0 Å². The van der Waals surface area contributed by atoms with Crippen LogP contribution in [0.1, 0.15) is 45.4 Å². The maximum atomic E-state index is 13.7. The summed E-state index contributed by atoms with van der Waals surface area (Å²) in [5.41, 5.74) is -0.145. The largest absolute Gasteiger partial charge is 0.504 e. The molecule has 0 radical (unpaired) electrons. The van der Waals surface area contributed by atoms with Gasteiger partial charge in [0.05, 0.1) is 21.4 Å². The van der Waals surface area contributed by atoms with E-state index in [1.807, 2.05) is 0 Å². The minimum absolute atomic E-state index is 0.0162. The van der Waals surface area contributed by atoms with Gasteiger partial charge in [0, 0.05) is 18.1 Å². The van der Waals surface area contributed by atoms with Crippen molar-refractivity contribution >= 4 is 50.6 Å². The number of urea groups is 1. The number of carbonyl (C=O) groups excluding carboxylic acids is 1. The van der Waals surface area contributed by atoms with Gasteiger partial charge >= 0.3 is 6.03 Å². The number of nitrogens with zero attached hydrogens (tertiary/aromatic N) is 1. The number of halogens is 3. The topological polar surface area (TPSA) is 111 Å². The summed E-state index contributed by atoms with van der Waals surface area (Å²) in [6, 6.07) is 5.53. The first-order chi connectivity index (χ1) is 17.1. The van der Waals surface area contributed by atoms with Gasteiger partial charge in [-0.25, -0.2) is 17.6 Å². The molecule has 196 valence electrons. The molecule has 0 unspecified atom stereocenters. The van der Waals surface area contributed by atoms with Crippen molar-refractivity contribution in [3.8, 4) is 5.75 Å². The fraction of sp³-hybridized carbons (Fsp3) is 0.458. The Labute approximate surface area is 220 Å². The molecule has 2 bridgehead atoms. The standard InChI is InChI=1S/C24H29Cl2FN4O4S/c1-2-3-11-28-14-12-15-7-8-16(13-14)31(15)36(34,35)23-17(25)9-10-20(22(23)32)30-24(33)29-19-6-4-5-18(27)21(19)26/h4-6,9-10,14-16,28,32H,2-3,7-8,11-13H2,1H3,(H2,29,30,33)/t14-,15+,16-. The summed E-state index contributed by atoms with van der Waals surface area (Å²) in [6.07, 6.45) is 5.00. The van der Waals surface area contributed by atoms with Crippen LogP contribution in [0.4, 0.5) is 20.6 Å².